The van der Waals surface area contributed by atoms with E-state index in [4.69, 9.17) is 16.2 Å². The third kappa shape index (κ3) is 8.07. The van der Waals surface area contributed by atoms with Crippen molar-refractivity contribution >= 4 is 60.9 Å². The number of nitro groups is 1. The van der Waals surface area contributed by atoms with Crippen molar-refractivity contribution in [1.29, 1.82) is 0 Å². The highest BCUT2D eigenvalue weighted by molar-refractivity contribution is 7.99. The number of nitro benzene ring substituents is 1. The van der Waals surface area contributed by atoms with Gasteiger partial charge in [-0.2, -0.15) is 26.8 Å². The second kappa shape index (κ2) is 11.4. The molecule has 17 heteroatoms. The van der Waals surface area contributed by atoms with Crippen LogP contribution in [0.1, 0.15) is 17.8 Å². The minimum Gasteiger partial charge on any atom is -0.324 e. The molecule has 0 aliphatic carbocycles. The van der Waals surface area contributed by atoms with Crippen molar-refractivity contribution < 1.29 is 30.9 Å². The SMILES string of the molecule is O=[N+]([O-])c1cc(Nc2nc(Cc3ccccc3S(=O)(=O)O)nc(SCCCS(=O)(=O)O)n2)ccc1Cl. The number of hydrogen-bond acceptors (Lipinski definition) is 11. The zero-order valence-corrected chi connectivity index (χ0v) is 21.3. The molecule has 192 valence electrons. The fraction of sp³-hybridized carbons (Fsp3) is 0.211. The zero-order valence-electron chi connectivity index (χ0n) is 18.1. The predicted molar refractivity (Wildman–Crippen MR) is 132 cm³/mol. The van der Waals surface area contributed by atoms with Crippen molar-refractivity contribution in [2.75, 3.05) is 16.8 Å². The Labute approximate surface area is 215 Å². The van der Waals surface area contributed by atoms with Crippen LogP contribution in [-0.4, -0.2) is 57.3 Å². The van der Waals surface area contributed by atoms with Gasteiger partial charge in [0.05, 0.1) is 15.6 Å². The summed E-state index contributed by atoms with van der Waals surface area (Å²) in [4.78, 5) is 22.9. The van der Waals surface area contributed by atoms with Crippen LogP contribution in [0, 0.1) is 10.1 Å². The van der Waals surface area contributed by atoms with Crippen molar-refractivity contribution in [1.82, 2.24) is 15.0 Å². The standard InChI is InChI=1S/C19H18ClN5O8S3/c20-14-7-6-13(11-15(14)25(26)27)21-18-22-17(10-12-4-1-2-5-16(12)36(31,32)33)23-19(24-18)34-8-3-9-35(28,29)30/h1-2,4-7,11H,3,8-10H2,(H,28,29,30)(H,31,32,33)(H,21,22,23,24). The number of hydrogen-bond donors (Lipinski definition) is 3. The third-order valence-electron chi connectivity index (χ3n) is 4.44. The van der Waals surface area contributed by atoms with Crippen LogP contribution < -0.4 is 5.32 Å². The van der Waals surface area contributed by atoms with Gasteiger partial charge in [0.2, 0.25) is 5.95 Å². The van der Waals surface area contributed by atoms with E-state index in [0.29, 0.717) is 0 Å². The molecule has 3 aromatic rings. The van der Waals surface area contributed by atoms with E-state index in [9.17, 15) is 31.5 Å². The van der Waals surface area contributed by atoms with Crippen molar-refractivity contribution in [3.8, 4) is 0 Å². The number of nitrogens with one attached hydrogen (secondary N) is 1. The Balaban J connectivity index is 1.94. The van der Waals surface area contributed by atoms with Crippen molar-refractivity contribution in [3.05, 3.63) is 69.0 Å². The van der Waals surface area contributed by atoms with E-state index in [1.807, 2.05) is 0 Å². The second-order valence-corrected chi connectivity index (χ2v) is 11.6. The first kappa shape index (κ1) is 27.7. The van der Waals surface area contributed by atoms with E-state index in [-0.39, 0.29) is 62.4 Å². The highest BCUT2D eigenvalue weighted by Gasteiger charge is 2.18. The fourth-order valence-corrected chi connectivity index (χ4v) is 5.33. The quantitative estimate of drug-likeness (QED) is 0.0987. The highest BCUT2D eigenvalue weighted by Crippen LogP contribution is 2.29. The number of rotatable bonds is 11. The minimum atomic E-state index is -4.52. The van der Waals surface area contributed by atoms with E-state index in [2.05, 4.69) is 20.3 Å². The molecule has 36 heavy (non-hydrogen) atoms. The minimum absolute atomic E-state index is 0.0294. The average molecular weight is 576 g/mol. The molecule has 1 heterocycles. The Morgan fingerprint density at radius 1 is 1.06 bits per heavy atom. The van der Waals surface area contributed by atoms with Crippen LogP contribution in [-0.2, 0) is 26.7 Å². The van der Waals surface area contributed by atoms with Gasteiger partial charge in [-0.1, -0.05) is 41.6 Å². The lowest BCUT2D eigenvalue weighted by Crippen LogP contribution is -2.09. The molecule has 0 atom stereocenters. The maximum absolute atomic E-state index is 11.7. The van der Waals surface area contributed by atoms with Crippen LogP contribution >= 0.6 is 23.4 Å². The van der Waals surface area contributed by atoms with Gasteiger partial charge in [0, 0.05) is 23.9 Å². The summed E-state index contributed by atoms with van der Waals surface area (Å²) in [6, 6.07) is 9.67. The van der Waals surface area contributed by atoms with Crippen molar-refractivity contribution in [2.45, 2.75) is 22.9 Å². The second-order valence-electron chi connectivity index (χ2n) is 7.15. The van der Waals surface area contributed by atoms with Crippen LogP contribution in [0.15, 0.2) is 52.5 Å². The van der Waals surface area contributed by atoms with Crippen LogP contribution in [0.25, 0.3) is 0 Å². The molecule has 3 rings (SSSR count). The van der Waals surface area contributed by atoms with Gasteiger partial charge in [-0.05, 0) is 30.2 Å². The smallest absolute Gasteiger partial charge is 0.294 e. The Morgan fingerprint density at radius 2 is 1.78 bits per heavy atom. The number of thioether (sulfide) groups is 1. The van der Waals surface area contributed by atoms with Gasteiger partial charge in [-0.25, -0.2) is 4.98 Å². The van der Waals surface area contributed by atoms with Crippen LogP contribution in [0.2, 0.25) is 5.02 Å². The van der Waals surface area contributed by atoms with Gasteiger partial charge in [-0.3, -0.25) is 19.2 Å². The monoisotopic (exact) mass is 575 g/mol. The summed E-state index contributed by atoms with van der Waals surface area (Å²) in [7, 11) is -8.65. The first-order valence-electron chi connectivity index (χ1n) is 9.91. The van der Waals surface area contributed by atoms with E-state index in [1.54, 1.807) is 6.07 Å². The molecule has 0 aliphatic heterocycles. The Kier molecular flexibility index (Phi) is 8.80. The molecule has 0 unspecified atom stereocenters. The summed E-state index contributed by atoms with van der Waals surface area (Å²) < 4.78 is 63.8. The number of benzene rings is 2. The van der Waals surface area contributed by atoms with E-state index in [0.717, 1.165) is 11.8 Å². The number of anilines is 2. The molecular formula is C19H18ClN5O8S3. The molecule has 0 saturated carbocycles. The summed E-state index contributed by atoms with van der Waals surface area (Å²) in [6.45, 7) is 0. The Morgan fingerprint density at radius 3 is 2.44 bits per heavy atom. The van der Waals surface area contributed by atoms with Crippen LogP contribution in [0.4, 0.5) is 17.3 Å². The number of nitrogens with zero attached hydrogens (tertiary/aromatic N) is 4. The molecule has 1 aromatic heterocycles. The highest BCUT2D eigenvalue weighted by atomic mass is 35.5. The van der Waals surface area contributed by atoms with Gasteiger partial charge < -0.3 is 5.32 Å². The molecule has 0 saturated heterocycles. The Hall–Kier alpha value is -2.89. The van der Waals surface area contributed by atoms with E-state index in [1.165, 1.54) is 36.4 Å². The summed E-state index contributed by atoms with van der Waals surface area (Å²) >= 11 is 6.90. The molecule has 0 spiro atoms. The zero-order chi connectivity index (χ0) is 26.5. The van der Waals surface area contributed by atoms with Crippen LogP contribution in [0.5, 0.6) is 0 Å². The molecule has 0 aliphatic rings. The van der Waals surface area contributed by atoms with Crippen molar-refractivity contribution in [2.24, 2.45) is 0 Å². The summed E-state index contributed by atoms with van der Waals surface area (Å²) in [5.74, 6) is -0.168. The maximum Gasteiger partial charge on any atom is 0.294 e. The third-order valence-corrected chi connectivity index (χ3v) is 7.45. The summed E-state index contributed by atoms with van der Waals surface area (Å²) in [5, 5.41) is 14.1. The van der Waals surface area contributed by atoms with E-state index < -0.39 is 30.9 Å². The fourth-order valence-electron chi connectivity index (χ4n) is 2.93. The van der Waals surface area contributed by atoms with Crippen LogP contribution in [0.3, 0.4) is 0 Å². The molecule has 2 aromatic carbocycles. The number of halogens is 1. The molecule has 0 amide bonds. The molecular weight excluding hydrogens is 558 g/mol. The number of aromatic nitrogens is 3. The molecule has 0 bridgehead atoms. The first-order valence-corrected chi connectivity index (χ1v) is 14.3. The molecule has 0 radical (unpaired) electrons. The lowest BCUT2D eigenvalue weighted by molar-refractivity contribution is -0.384. The molecule has 0 fully saturated rings. The topological polar surface area (TPSA) is 203 Å². The molecule has 3 N–H and O–H groups in total. The van der Waals surface area contributed by atoms with E-state index >= 15 is 0 Å². The van der Waals surface area contributed by atoms with Gasteiger partial charge in [0.15, 0.2) is 5.16 Å². The van der Waals surface area contributed by atoms with Gasteiger partial charge in [0.25, 0.3) is 25.9 Å². The van der Waals surface area contributed by atoms with Gasteiger partial charge in [0.1, 0.15) is 10.8 Å². The van der Waals surface area contributed by atoms with Gasteiger partial charge >= 0.3 is 0 Å². The Bertz CT molecular complexity index is 1500. The lowest BCUT2D eigenvalue weighted by atomic mass is 10.1. The first-order chi connectivity index (χ1) is 16.8. The maximum atomic E-state index is 11.7. The van der Waals surface area contributed by atoms with Gasteiger partial charge in [-0.15, -0.1) is 0 Å². The molecule has 13 nitrogen and oxygen atoms in total. The lowest BCUT2D eigenvalue weighted by Gasteiger charge is -2.10. The summed E-state index contributed by atoms with van der Waals surface area (Å²) in [5.41, 5.74) is 0.100. The predicted octanol–water partition coefficient (Wildman–Crippen LogP) is 3.38. The average Bonchev–Trinajstić information content (AvgIpc) is 2.77. The van der Waals surface area contributed by atoms with Crippen molar-refractivity contribution in [3.63, 3.8) is 0 Å². The normalized spacial score (nSPS) is 11.9. The summed E-state index contributed by atoms with van der Waals surface area (Å²) in [6.07, 6.45) is -0.0191. The largest absolute Gasteiger partial charge is 0.324 e.